The number of carbonyl (C=O) groups is 2. The molecule has 0 saturated heterocycles. The first-order valence-corrected chi connectivity index (χ1v) is 23.3. The molecule has 0 spiro atoms. The molecule has 366 valence electrons. The van der Waals surface area contributed by atoms with Crippen LogP contribution in [0.2, 0.25) is 10.0 Å². The van der Waals surface area contributed by atoms with Crippen molar-refractivity contribution in [3.8, 4) is 58.9 Å². The van der Waals surface area contributed by atoms with Crippen molar-refractivity contribution in [3.63, 3.8) is 0 Å². The van der Waals surface area contributed by atoms with Gasteiger partial charge in [-0.2, -0.15) is 31.0 Å². The molecule has 0 fully saturated rings. The molecular formula is C54H48Cl2N8O8. The summed E-state index contributed by atoms with van der Waals surface area (Å²) in [4.78, 5) is 31.4. The number of carboxylic acids is 2. The van der Waals surface area contributed by atoms with E-state index in [1.165, 1.54) is 12.1 Å². The number of nitrogens with zero attached hydrogens (tertiary/aromatic N) is 6. The highest BCUT2D eigenvalue weighted by Gasteiger charge is 2.19. The molecule has 6 rings (SSSR count). The standard InChI is InChI=1S/C54H48Cl2N8O8/c1-33-41(31-71-53-47(55)21-43(27-61-13-5-11-49(65)66)51(63-53)69-29-39-17-35(23-57)15-36(18-39)24-58)7-3-9-45(33)46-10-4-8-42(34(46)2)32-72-54-48(56)22-44(28-62-14-6-12-50(67)68)52(64-54)70-30-40-19-37(25-59)16-38(20-40)26-60/h3-4,7-10,15-22,61-62H,5-6,11-14,27-32H2,1-2H3,(H,65,66)(H,67,68). The van der Waals surface area contributed by atoms with Gasteiger partial charge in [-0.1, -0.05) is 59.6 Å². The molecule has 4 N–H and O–H groups in total. The minimum Gasteiger partial charge on any atom is -0.481 e. The van der Waals surface area contributed by atoms with Crippen LogP contribution in [0.5, 0.6) is 23.5 Å². The summed E-state index contributed by atoms with van der Waals surface area (Å²) in [6, 6.07) is 32.9. The Morgan fingerprint density at radius 2 is 0.889 bits per heavy atom. The Hall–Kier alpha value is -8.22. The van der Waals surface area contributed by atoms with Crippen LogP contribution < -0.4 is 29.6 Å². The third-order valence-electron chi connectivity index (χ3n) is 11.2. The zero-order valence-corrected chi connectivity index (χ0v) is 40.9. The summed E-state index contributed by atoms with van der Waals surface area (Å²) < 4.78 is 24.8. The maximum atomic E-state index is 11.0. The molecule has 16 nitrogen and oxygen atoms in total. The van der Waals surface area contributed by atoms with Crippen LogP contribution in [-0.2, 0) is 49.1 Å². The molecule has 6 aromatic rings. The minimum absolute atomic E-state index is 0.0101. The Balaban J connectivity index is 1.19. The predicted octanol–water partition coefficient (Wildman–Crippen LogP) is 9.78. The van der Waals surface area contributed by atoms with E-state index in [2.05, 4.69) is 44.9 Å². The Morgan fingerprint density at radius 3 is 1.24 bits per heavy atom. The number of aromatic nitrogens is 2. The SMILES string of the molecule is Cc1c(COc2nc(OCc3cc(C#N)cc(C#N)c3)c(CNCCCC(=O)O)cc2Cl)cccc1-c1cccc(COc2nc(OCc3cc(C#N)cc(C#N)c3)c(CNCCCC(=O)O)cc2Cl)c1C. The summed E-state index contributed by atoms with van der Waals surface area (Å²) in [6.45, 7) is 5.54. The van der Waals surface area contributed by atoms with Crippen LogP contribution in [0, 0.1) is 59.2 Å². The van der Waals surface area contributed by atoms with Gasteiger partial charge in [-0.25, -0.2) is 0 Å². The van der Waals surface area contributed by atoms with Crippen molar-refractivity contribution >= 4 is 35.1 Å². The van der Waals surface area contributed by atoms with Gasteiger partial charge in [0.15, 0.2) is 0 Å². The number of benzene rings is 4. The van der Waals surface area contributed by atoms with Crippen molar-refractivity contribution in [1.82, 2.24) is 20.6 Å². The molecule has 4 aromatic carbocycles. The van der Waals surface area contributed by atoms with Gasteiger partial charge in [-0.15, -0.1) is 0 Å². The van der Waals surface area contributed by atoms with Gasteiger partial charge >= 0.3 is 11.9 Å². The fourth-order valence-electron chi connectivity index (χ4n) is 7.54. The normalized spacial score (nSPS) is 10.6. The molecule has 0 aliphatic carbocycles. The van der Waals surface area contributed by atoms with Crippen LogP contribution in [0.1, 0.15) is 92.4 Å². The molecule has 0 aliphatic heterocycles. The van der Waals surface area contributed by atoms with Gasteiger partial charge in [-0.3, -0.25) is 9.59 Å². The lowest BCUT2D eigenvalue weighted by atomic mass is 9.92. The third kappa shape index (κ3) is 14.9. The highest BCUT2D eigenvalue weighted by atomic mass is 35.5. The molecule has 72 heavy (non-hydrogen) atoms. The number of hydrogen-bond acceptors (Lipinski definition) is 14. The van der Waals surface area contributed by atoms with Gasteiger partial charge in [0.05, 0.1) is 46.5 Å². The lowest BCUT2D eigenvalue weighted by molar-refractivity contribution is -0.138. The van der Waals surface area contributed by atoms with Crippen LogP contribution in [0.4, 0.5) is 0 Å². The van der Waals surface area contributed by atoms with Crippen LogP contribution >= 0.6 is 23.2 Å². The van der Waals surface area contributed by atoms with Crippen LogP contribution in [0.3, 0.4) is 0 Å². The number of hydrogen-bond donors (Lipinski definition) is 4. The minimum atomic E-state index is -0.891. The van der Waals surface area contributed by atoms with Gasteiger partial charge in [0.25, 0.3) is 0 Å². The lowest BCUT2D eigenvalue weighted by Gasteiger charge is -2.18. The number of aliphatic carboxylic acids is 2. The first-order chi connectivity index (χ1) is 34.8. The number of rotatable bonds is 25. The summed E-state index contributed by atoms with van der Waals surface area (Å²) in [7, 11) is 0. The number of carboxylic acid groups (broad SMARTS) is 2. The number of halogens is 2. The summed E-state index contributed by atoms with van der Waals surface area (Å²) in [5.41, 5.74) is 9.12. The van der Waals surface area contributed by atoms with Crippen molar-refractivity contribution in [2.45, 2.75) is 79.0 Å². The van der Waals surface area contributed by atoms with Gasteiger partial charge < -0.3 is 39.8 Å². The van der Waals surface area contributed by atoms with Gasteiger partial charge in [0.1, 0.15) is 36.5 Å². The van der Waals surface area contributed by atoms with E-state index < -0.39 is 11.9 Å². The first kappa shape index (κ1) is 53.1. The van der Waals surface area contributed by atoms with E-state index in [0.717, 1.165) is 33.4 Å². The highest BCUT2D eigenvalue weighted by molar-refractivity contribution is 6.32. The van der Waals surface area contributed by atoms with Crippen LogP contribution in [0.15, 0.2) is 84.9 Å². The van der Waals surface area contributed by atoms with E-state index in [9.17, 15) is 30.6 Å². The molecule has 0 aliphatic rings. The summed E-state index contributed by atoms with van der Waals surface area (Å²) in [5, 5.41) is 62.9. The zero-order chi connectivity index (χ0) is 51.6. The van der Waals surface area contributed by atoms with E-state index in [4.69, 9.17) is 52.4 Å². The molecule has 2 heterocycles. The fourth-order valence-corrected chi connectivity index (χ4v) is 7.99. The summed E-state index contributed by atoms with van der Waals surface area (Å²) >= 11 is 13.5. The molecule has 2 aromatic heterocycles. The number of nitrogens with one attached hydrogen (secondary N) is 2. The van der Waals surface area contributed by atoms with Crippen molar-refractivity contribution in [2.24, 2.45) is 0 Å². The average molecular weight is 1010 g/mol. The van der Waals surface area contributed by atoms with E-state index >= 15 is 0 Å². The maximum Gasteiger partial charge on any atom is 0.303 e. The van der Waals surface area contributed by atoms with E-state index in [1.54, 1.807) is 36.4 Å². The van der Waals surface area contributed by atoms with Crippen molar-refractivity contribution in [3.05, 3.63) is 162 Å². The maximum absolute atomic E-state index is 11.0. The zero-order valence-electron chi connectivity index (χ0n) is 39.4. The van der Waals surface area contributed by atoms with Gasteiger partial charge in [0, 0.05) is 37.1 Å². The molecule has 0 unspecified atom stereocenters. The molecule has 0 radical (unpaired) electrons. The first-order valence-electron chi connectivity index (χ1n) is 22.6. The average Bonchev–Trinajstić information content (AvgIpc) is 3.37. The molecular weight excluding hydrogens is 960 g/mol. The van der Waals surface area contributed by atoms with E-state index in [-0.39, 0.29) is 85.9 Å². The second kappa shape index (κ2) is 26.1. The Bertz CT molecular complexity index is 2870. The molecule has 0 amide bonds. The monoisotopic (exact) mass is 1010 g/mol. The van der Waals surface area contributed by atoms with E-state index in [0.29, 0.717) is 70.4 Å². The van der Waals surface area contributed by atoms with E-state index in [1.807, 2.05) is 50.2 Å². The smallest absolute Gasteiger partial charge is 0.303 e. The number of ether oxygens (including phenoxy) is 4. The van der Waals surface area contributed by atoms with Crippen LogP contribution in [0.25, 0.3) is 11.1 Å². The molecule has 0 saturated carbocycles. The lowest BCUT2D eigenvalue weighted by Crippen LogP contribution is -2.17. The molecule has 0 atom stereocenters. The number of pyridine rings is 2. The fraction of sp³-hybridized carbons (Fsp3) is 0.259. The van der Waals surface area contributed by atoms with Crippen LogP contribution in [-0.4, -0.2) is 45.2 Å². The number of nitriles is 4. The topological polar surface area (TPSA) is 257 Å². The van der Waals surface area contributed by atoms with Crippen molar-refractivity contribution in [1.29, 1.82) is 21.0 Å². The Kier molecular flexibility index (Phi) is 19.3. The Labute approximate surface area is 426 Å². The summed E-state index contributed by atoms with van der Waals surface area (Å²) in [6.07, 6.45) is 0.845. The predicted molar refractivity (Wildman–Crippen MR) is 266 cm³/mol. The quantitative estimate of drug-likeness (QED) is 0.0389. The largest absolute Gasteiger partial charge is 0.481 e. The second-order valence-electron chi connectivity index (χ2n) is 16.4. The Morgan fingerprint density at radius 1 is 0.528 bits per heavy atom. The third-order valence-corrected chi connectivity index (χ3v) is 11.8. The highest BCUT2D eigenvalue weighted by Crippen LogP contribution is 2.35. The van der Waals surface area contributed by atoms with Crippen molar-refractivity contribution < 1.29 is 38.7 Å². The second-order valence-corrected chi connectivity index (χ2v) is 17.3. The van der Waals surface area contributed by atoms with Gasteiger partial charge in [0.2, 0.25) is 23.5 Å². The molecule has 18 heteroatoms. The molecule has 0 bridgehead atoms. The van der Waals surface area contributed by atoms with Crippen molar-refractivity contribution in [2.75, 3.05) is 13.1 Å². The van der Waals surface area contributed by atoms with Gasteiger partial charge in [-0.05, 0) is 133 Å². The summed E-state index contributed by atoms with van der Waals surface area (Å²) in [5.74, 6) is -1.14.